The summed E-state index contributed by atoms with van der Waals surface area (Å²) in [4.78, 5) is 0. The normalized spacial score (nSPS) is 10.6. The van der Waals surface area contributed by atoms with E-state index in [9.17, 15) is 0 Å². The van der Waals surface area contributed by atoms with E-state index in [0.29, 0.717) is 17.7 Å². The summed E-state index contributed by atoms with van der Waals surface area (Å²) in [5, 5.41) is 3.99. The molecule has 0 atom stereocenters. The quantitative estimate of drug-likeness (QED) is 0.783. The Bertz CT molecular complexity index is 388. The molecular formula is C14H20ClNO. The van der Waals surface area contributed by atoms with Crippen LogP contribution in [0.5, 0.6) is 5.75 Å². The van der Waals surface area contributed by atoms with Crippen molar-refractivity contribution in [2.24, 2.45) is 0 Å². The molecule has 0 fully saturated rings. The zero-order valence-corrected chi connectivity index (χ0v) is 11.5. The Labute approximate surface area is 109 Å². The van der Waals surface area contributed by atoms with Crippen LogP contribution in [-0.2, 0) is 0 Å². The number of ether oxygens (including phenoxy) is 1. The first kappa shape index (κ1) is 14.1. The van der Waals surface area contributed by atoms with Crippen molar-refractivity contribution < 1.29 is 4.74 Å². The van der Waals surface area contributed by atoms with Crippen molar-refractivity contribution in [2.45, 2.75) is 26.8 Å². The van der Waals surface area contributed by atoms with Gasteiger partial charge in [0.15, 0.2) is 0 Å². The predicted octanol–water partition coefficient (Wildman–Crippen LogP) is 3.58. The van der Waals surface area contributed by atoms with Crippen molar-refractivity contribution in [3.05, 3.63) is 40.9 Å². The molecule has 0 spiro atoms. The van der Waals surface area contributed by atoms with Crippen LogP contribution in [0.1, 0.15) is 19.4 Å². The summed E-state index contributed by atoms with van der Waals surface area (Å²) in [6.07, 6.45) is 0. The highest BCUT2D eigenvalue weighted by atomic mass is 35.5. The van der Waals surface area contributed by atoms with Gasteiger partial charge in [-0.25, -0.2) is 0 Å². The second-order valence-electron chi connectivity index (χ2n) is 4.48. The Hall–Kier alpha value is -0.990. The largest absolute Gasteiger partial charge is 0.489 e. The second kappa shape index (κ2) is 6.67. The maximum Gasteiger partial charge on any atom is 0.124 e. The highest BCUT2D eigenvalue weighted by molar-refractivity contribution is 6.30. The minimum atomic E-state index is 0.458. The van der Waals surface area contributed by atoms with Crippen molar-refractivity contribution >= 4 is 11.6 Å². The van der Waals surface area contributed by atoms with E-state index in [1.54, 1.807) is 0 Å². The number of hydrogen-bond acceptors (Lipinski definition) is 2. The summed E-state index contributed by atoms with van der Waals surface area (Å²) in [5.41, 5.74) is 2.11. The fourth-order valence-electron chi connectivity index (χ4n) is 1.31. The Morgan fingerprint density at radius 1 is 1.47 bits per heavy atom. The third-order valence-corrected chi connectivity index (χ3v) is 2.58. The van der Waals surface area contributed by atoms with E-state index in [1.165, 1.54) is 0 Å². The van der Waals surface area contributed by atoms with Crippen molar-refractivity contribution in [2.75, 3.05) is 13.2 Å². The Morgan fingerprint density at radius 2 is 2.18 bits per heavy atom. The lowest BCUT2D eigenvalue weighted by Crippen LogP contribution is -2.26. The first-order valence-electron chi connectivity index (χ1n) is 5.78. The van der Waals surface area contributed by atoms with E-state index < -0.39 is 0 Å². The van der Waals surface area contributed by atoms with Gasteiger partial charge in [-0.3, -0.25) is 0 Å². The third-order valence-electron chi connectivity index (χ3n) is 2.34. The smallest absolute Gasteiger partial charge is 0.124 e. The molecule has 1 aromatic rings. The number of benzene rings is 1. The lowest BCUT2D eigenvalue weighted by molar-refractivity contribution is 0.345. The van der Waals surface area contributed by atoms with E-state index in [0.717, 1.165) is 23.4 Å². The minimum Gasteiger partial charge on any atom is -0.489 e. The number of hydrogen-bond donors (Lipinski definition) is 1. The number of aryl methyl sites for hydroxylation is 1. The number of nitrogens with one attached hydrogen (secondary N) is 1. The van der Waals surface area contributed by atoms with Gasteiger partial charge in [0.1, 0.15) is 12.4 Å². The third kappa shape index (κ3) is 5.24. The molecule has 3 heteroatoms. The first-order chi connectivity index (χ1) is 7.99. The molecule has 0 unspecified atom stereocenters. The van der Waals surface area contributed by atoms with Crippen molar-refractivity contribution in [3.8, 4) is 5.75 Å². The molecule has 1 rings (SSSR count). The summed E-state index contributed by atoms with van der Waals surface area (Å²) in [7, 11) is 0. The number of halogens is 1. The van der Waals surface area contributed by atoms with Gasteiger partial charge in [-0.1, -0.05) is 38.1 Å². The van der Waals surface area contributed by atoms with E-state index in [4.69, 9.17) is 16.3 Å². The topological polar surface area (TPSA) is 21.3 Å². The molecule has 17 heavy (non-hydrogen) atoms. The van der Waals surface area contributed by atoms with Crippen molar-refractivity contribution in [3.63, 3.8) is 0 Å². The van der Waals surface area contributed by atoms with Crippen molar-refractivity contribution in [1.82, 2.24) is 5.32 Å². The first-order valence-corrected chi connectivity index (χ1v) is 6.16. The van der Waals surface area contributed by atoms with Crippen LogP contribution in [0.2, 0.25) is 5.02 Å². The average molecular weight is 254 g/mol. The molecule has 94 valence electrons. The lowest BCUT2D eigenvalue weighted by atomic mass is 10.2. The van der Waals surface area contributed by atoms with Crippen LogP contribution in [0, 0.1) is 6.92 Å². The molecule has 0 aliphatic rings. The molecule has 0 aromatic heterocycles. The Balaban J connectivity index is 2.44. The van der Waals surface area contributed by atoms with E-state index in [2.05, 4.69) is 25.7 Å². The van der Waals surface area contributed by atoms with Crippen LogP contribution in [-0.4, -0.2) is 19.2 Å². The highest BCUT2D eigenvalue weighted by Gasteiger charge is 2.02. The summed E-state index contributed by atoms with van der Waals surface area (Å²) in [5.74, 6) is 0.822. The van der Waals surface area contributed by atoms with Crippen LogP contribution < -0.4 is 10.1 Å². The molecule has 2 nitrogen and oxygen atoms in total. The fraction of sp³-hybridized carbons (Fsp3) is 0.429. The van der Waals surface area contributed by atoms with Crippen molar-refractivity contribution in [1.29, 1.82) is 0 Å². The second-order valence-corrected chi connectivity index (χ2v) is 4.92. The van der Waals surface area contributed by atoms with Gasteiger partial charge in [0, 0.05) is 17.6 Å². The summed E-state index contributed by atoms with van der Waals surface area (Å²) in [6.45, 7) is 11.5. The van der Waals surface area contributed by atoms with Gasteiger partial charge in [-0.05, 0) is 30.2 Å². The molecule has 0 amide bonds. The predicted molar refractivity (Wildman–Crippen MR) is 74.0 cm³/mol. The molecule has 0 radical (unpaired) electrons. The average Bonchev–Trinajstić information content (AvgIpc) is 2.27. The van der Waals surface area contributed by atoms with Gasteiger partial charge >= 0.3 is 0 Å². The van der Waals surface area contributed by atoms with Gasteiger partial charge in [-0.2, -0.15) is 0 Å². The zero-order valence-electron chi connectivity index (χ0n) is 10.7. The molecule has 0 aliphatic heterocycles. The molecular weight excluding hydrogens is 234 g/mol. The number of rotatable bonds is 6. The van der Waals surface area contributed by atoms with Crippen LogP contribution in [0.25, 0.3) is 0 Å². The SMILES string of the molecule is C=C(CNC(C)C)COc1cc(Cl)ccc1C. The van der Waals surface area contributed by atoms with Gasteiger partial charge in [-0.15, -0.1) is 0 Å². The molecule has 0 saturated heterocycles. The molecule has 1 aromatic carbocycles. The maximum atomic E-state index is 5.92. The minimum absolute atomic E-state index is 0.458. The van der Waals surface area contributed by atoms with Crippen LogP contribution in [0.15, 0.2) is 30.4 Å². The van der Waals surface area contributed by atoms with E-state index in [1.807, 2.05) is 25.1 Å². The Kier molecular flexibility index (Phi) is 5.52. The van der Waals surface area contributed by atoms with Crippen LogP contribution in [0.4, 0.5) is 0 Å². The monoisotopic (exact) mass is 253 g/mol. The summed E-state index contributed by atoms with van der Waals surface area (Å²) >= 11 is 5.92. The molecule has 0 saturated carbocycles. The molecule has 0 heterocycles. The van der Waals surface area contributed by atoms with E-state index in [-0.39, 0.29) is 0 Å². The zero-order chi connectivity index (χ0) is 12.8. The molecule has 0 aliphatic carbocycles. The van der Waals surface area contributed by atoms with Gasteiger partial charge < -0.3 is 10.1 Å². The van der Waals surface area contributed by atoms with Crippen LogP contribution in [0.3, 0.4) is 0 Å². The standard InChI is InChI=1S/C14H20ClNO/c1-10(2)16-8-11(3)9-17-14-7-13(15)6-5-12(14)4/h5-7,10,16H,3,8-9H2,1-2,4H3. The van der Waals surface area contributed by atoms with E-state index >= 15 is 0 Å². The molecule has 1 N–H and O–H groups in total. The lowest BCUT2D eigenvalue weighted by Gasteiger charge is -2.13. The van der Waals surface area contributed by atoms with Crippen LogP contribution >= 0.6 is 11.6 Å². The summed E-state index contributed by atoms with van der Waals surface area (Å²) in [6, 6.07) is 6.10. The van der Waals surface area contributed by atoms with Gasteiger partial charge in [0.2, 0.25) is 0 Å². The highest BCUT2D eigenvalue weighted by Crippen LogP contribution is 2.22. The molecule has 0 bridgehead atoms. The fourth-order valence-corrected chi connectivity index (χ4v) is 1.47. The van der Waals surface area contributed by atoms with Gasteiger partial charge in [0.05, 0.1) is 0 Å². The maximum absolute atomic E-state index is 5.92. The summed E-state index contributed by atoms with van der Waals surface area (Å²) < 4.78 is 5.69. The Morgan fingerprint density at radius 3 is 2.82 bits per heavy atom. The van der Waals surface area contributed by atoms with Gasteiger partial charge in [0.25, 0.3) is 0 Å².